The van der Waals surface area contributed by atoms with Gasteiger partial charge in [0.05, 0.1) is 0 Å². The average molecular weight is 799 g/mol. The minimum absolute atomic E-state index is 0. The molecule has 0 amide bonds. The van der Waals surface area contributed by atoms with E-state index in [1.807, 2.05) is 0 Å². The second-order valence-electron chi connectivity index (χ2n) is 16.6. The Morgan fingerprint density at radius 2 is 1.15 bits per heavy atom. The molecule has 0 spiro atoms. The summed E-state index contributed by atoms with van der Waals surface area (Å²) in [6, 6.07) is 39.8. The number of hydrogen-bond acceptors (Lipinski definition) is 0. The van der Waals surface area contributed by atoms with E-state index in [0.717, 1.165) is 12.8 Å². The van der Waals surface area contributed by atoms with E-state index in [1.165, 1.54) is 71.6 Å². The molecule has 0 nitrogen and oxygen atoms in total. The molecule has 2 aliphatic rings. The minimum atomic E-state index is -2.99. The molecule has 0 fully saturated rings. The molecule has 0 radical (unpaired) electrons. The summed E-state index contributed by atoms with van der Waals surface area (Å²) in [5, 5.41) is 5.34. The van der Waals surface area contributed by atoms with E-state index in [1.54, 1.807) is 15.3 Å². The fourth-order valence-electron chi connectivity index (χ4n) is 8.92. The molecule has 0 atom stereocenters. The van der Waals surface area contributed by atoms with Crippen molar-refractivity contribution < 1.29 is 46.1 Å². The van der Waals surface area contributed by atoms with Gasteiger partial charge in [0, 0.05) is 0 Å². The molecule has 0 saturated carbocycles. The van der Waals surface area contributed by atoms with Crippen molar-refractivity contribution in [3.63, 3.8) is 0 Å². The minimum Gasteiger partial charge on any atom is -1.00 e. The Morgan fingerprint density at radius 3 is 1.69 bits per heavy atom. The van der Waals surface area contributed by atoms with Crippen LogP contribution in [0.4, 0.5) is 0 Å². The number of benzene rings is 6. The first-order valence-corrected chi connectivity index (χ1v) is 22.0. The third kappa shape index (κ3) is 6.57. The van der Waals surface area contributed by atoms with E-state index in [-0.39, 0.29) is 35.6 Å². The van der Waals surface area contributed by atoms with Crippen LogP contribution in [0.5, 0.6) is 0 Å². The fourth-order valence-corrected chi connectivity index (χ4v) is 17.5. The van der Waals surface area contributed by atoms with Crippen molar-refractivity contribution in [1.82, 2.24) is 0 Å². The number of fused-ring (bicyclic) bond motifs is 5. The molecule has 0 aliphatic heterocycles. The third-order valence-electron chi connectivity index (χ3n) is 11.1. The Morgan fingerprint density at radius 1 is 0.615 bits per heavy atom. The molecule has 0 saturated heterocycles. The van der Waals surface area contributed by atoms with Crippen LogP contribution in [0.3, 0.4) is 0 Å². The smallest absolute Gasteiger partial charge is 1.00 e. The first-order valence-electron chi connectivity index (χ1n) is 18.3. The summed E-state index contributed by atoms with van der Waals surface area (Å²) in [6.45, 7) is 19.1. The molecule has 8 rings (SSSR count). The van der Waals surface area contributed by atoms with Crippen molar-refractivity contribution >= 4 is 28.0 Å². The van der Waals surface area contributed by atoms with E-state index < -0.39 is 21.3 Å². The van der Waals surface area contributed by atoms with Gasteiger partial charge in [0.15, 0.2) is 0 Å². The quantitative estimate of drug-likeness (QED) is 0.201. The summed E-state index contributed by atoms with van der Waals surface area (Å²) in [5.41, 5.74) is 14.9. The number of hydrogen-bond donors (Lipinski definition) is 0. The summed E-state index contributed by atoms with van der Waals surface area (Å²) >= 11 is -2.99. The molecule has 3 heteroatoms. The van der Waals surface area contributed by atoms with Gasteiger partial charge in [0.25, 0.3) is 0 Å². The molecular formula is C49H48Cl2Zr. The van der Waals surface area contributed by atoms with Crippen LogP contribution < -0.4 is 28.1 Å². The topological polar surface area (TPSA) is 0 Å². The molecule has 262 valence electrons. The SMILES string of the molecule is Cc1cc2c(cc1C(C)(C)C)-c1cc(C(C)(C)C)c(C)[c]([Zr+2]([C]3=CC=CC3)=[C](c3cccc4ccccc34)c3cccc4ccccc34)c1C2.[Cl-].[Cl-]. The largest absolute Gasteiger partial charge is 1.00 e. The van der Waals surface area contributed by atoms with Crippen molar-refractivity contribution in [1.29, 1.82) is 0 Å². The van der Waals surface area contributed by atoms with Crippen LogP contribution in [0.2, 0.25) is 0 Å². The fraction of sp³-hybridized carbons (Fsp3) is 0.245. The molecule has 0 bridgehead atoms. The average Bonchev–Trinajstić information content (AvgIpc) is 3.74. The summed E-state index contributed by atoms with van der Waals surface area (Å²) in [6.07, 6.45) is 9.29. The van der Waals surface area contributed by atoms with Crippen LogP contribution in [-0.2, 0) is 38.5 Å². The predicted octanol–water partition coefficient (Wildman–Crippen LogP) is 6.14. The van der Waals surface area contributed by atoms with Crippen LogP contribution in [0.1, 0.15) is 92.5 Å². The second-order valence-corrected chi connectivity index (χ2v) is 22.5. The standard InChI is InChI=1S/C23H29.C21H14.C5H5.2ClH.Zr/c1-14-9-16-11-17-10-15(2)21(23(6,7)8)13-19(17)18(16)12-20(14)22(3,4)5;1-3-13-20-16(7-1)9-5-11-18(20)15-19-12-6-10-17-8-2-4-14-21(17)19;1-2-4-5-3-1;;;/h9,12-13H,11H2,1-8H3;1-14H;1-3H,4H2;2*1H;/q;;;;;+2/p-2. The van der Waals surface area contributed by atoms with E-state index in [9.17, 15) is 0 Å². The van der Waals surface area contributed by atoms with Crippen molar-refractivity contribution in [2.75, 3.05) is 0 Å². The summed E-state index contributed by atoms with van der Waals surface area (Å²) < 4.78 is 4.98. The first-order chi connectivity index (χ1) is 23.9. The molecular weight excluding hydrogens is 751 g/mol. The zero-order valence-electron chi connectivity index (χ0n) is 31.7. The van der Waals surface area contributed by atoms with E-state index in [4.69, 9.17) is 0 Å². The van der Waals surface area contributed by atoms with Gasteiger partial charge < -0.3 is 24.8 Å². The molecule has 0 N–H and O–H groups in total. The van der Waals surface area contributed by atoms with Crippen LogP contribution in [-0.4, -0.2) is 3.21 Å². The molecule has 52 heavy (non-hydrogen) atoms. The van der Waals surface area contributed by atoms with Gasteiger partial charge >= 0.3 is 309 Å². The summed E-state index contributed by atoms with van der Waals surface area (Å²) in [5.74, 6) is 0. The molecule has 6 aromatic rings. The van der Waals surface area contributed by atoms with Crippen molar-refractivity contribution in [2.24, 2.45) is 0 Å². The zero-order chi connectivity index (χ0) is 34.9. The van der Waals surface area contributed by atoms with Crippen molar-refractivity contribution in [3.05, 3.63) is 169 Å². The van der Waals surface area contributed by atoms with Gasteiger partial charge in [0.2, 0.25) is 0 Å². The predicted molar refractivity (Wildman–Crippen MR) is 214 cm³/mol. The first kappa shape index (κ1) is 38.4. The van der Waals surface area contributed by atoms with E-state index >= 15 is 0 Å². The molecule has 0 heterocycles. The maximum absolute atomic E-state index is 2.99. The van der Waals surface area contributed by atoms with Crippen LogP contribution in [0.15, 0.2) is 125 Å². The molecule has 0 aromatic heterocycles. The van der Waals surface area contributed by atoms with Crippen LogP contribution in [0, 0.1) is 13.8 Å². The van der Waals surface area contributed by atoms with Crippen LogP contribution >= 0.6 is 0 Å². The van der Waals surface area contributed by atoms with Gasteiger partial charge in [-0.15, -0.1) is 0 Å². The number of aryl methyl sites for hydroxylation is 1. The Balaban J connectivity index is 0.00000232. The van der Waals surface area contributed by atoms with E-state index in [2.05, 4.69) is 177 Å². The number of halogens is 2. The Bertz CT molecular complexity index is 2370. The van der Waals surface area contributed by atoms with Gasteiger partial charge in [-0.05, 0) is 0 Å². The normalized spacial score (nSPS) is 13.2. The van der Waals surface area contributed by atoms with Gasteiger partial charge in [-0.3, -0.25) is 0 Å². The van der Waals surface area contributed by atoms with Crippen LogP contribution in [0.25, 0.3) is 32.7 Å². The van der Waals surface area contributed by atoms with Gasteiger partial charge in [-0.2, -0.15) is 0 Å². The van der Waals surface area contributed by atoms with Crippen molar-refractivity contribution in [2.45, 2.75) is 79.1 Å². The summed E-state index contributed by atoms with van der Waals surface area (Å²) in [7, 11) is 0. The number of rotatable bonds is 4. The number of allylic oxidation sites excluding steroid dienone is 4. The van der Waals surface area contributed by atoms with E-state index in [0.29, 0.717) is 0 Å². The zero-order valence-corrected chi connectivity index (χ0v) is 35.7. The van der Waals surface area contributed by atoms with Crippen molar-refractivity contribution in [3.8, 4) is 11.1 Å². The third-order valence-corrected chi connectivity index (χ3v) is 19.1. The maximum atomic E-state index is 2.60. The second kappa shape index (κ2) is 14.5. The Kier molecular flexibility index (Phi) is 10.7. The molecule has 0 unspecified atom stereocenters. The monoisotopic (exact) mass is 796 g/mol. The molecule has 2 aliphatic carbocycles. The van der Waals surface area contributed by atoms with Gasteiger partial charge in [-0.1, -0.05) is 0 Å². The van der Waals surface area contributed by atoms with Gasteiger partial charge in [-0.25, -0.2) is 0 Å². The summed E-state index contributed by atoms with van der Waals surface area (Å²) in [4.78, 5) is 0. The Labute approximate surface area is 331 Å². The maximum Gasteiger partial charge on any atom is -1.00 e. The molecule has 6 aromatic carbocycles. The Hall–Kier alpha value is -3.35. The van der Waals surface area contributed by atoms with Gasteiger partial charge in [0.1, 0.15) is 0 Å².